The monoisotopic (exact) mass is 319 g/mol. The Morgan fingerprint density at radius 2 is 1.42 bits per heavy atom. The molecule has 0 saturated carbocycles. The van der Waals surface area contributed by atoms with Crippen molar-refractivity contribution in [2.75, 3.05) is 13.1 Å². The van der Waals surface area contributed by atoms with E-state index in [0.717, 1.165) is 37.1 Å². The number of carbonyl (C=O) groups is 1. The van der Waals surface area contributed by atoms with Crippen molar-refractivity contribution in [3.63, 3.8) is 0 Å². The van der Waals surface area contributed by atoms with Gasteiger partial charge in [-0.2, -0.15) is 0 Å². The third kappa shape index (κ3) is 2.80. The summed E-state index contributed by atoms with van der Waals surface area (Å²) in [5.74, 6) is 1.03. The number of amides is 1. The molecule has 1 aromatic heterocycles. The summed E-state index contributed by atoms with van der Waals surface area (Å²) in [6, 6.07) is 17.0. The summed E-state index contributed by atoms with van der Waals surface area (Å²) in [7, 11) is 0. The van der Waals surface area contributed by atoms with E-state index in [9.17, 15) is 4.79 Å². The largest absolute Gasteiger partial charge is 0.416 e. The summed E-state index contributed by atoms with van der Waals surface area (Å²) in [6.07, 6.45) is 2.18. The van der Waals surface area contributed by atoms with Crippen LogP contribution in [0.25, 0.3) is 22.9 Å². The average molecular weight is 319 g/mol. The van der Waals surface area contributed by atoms with Crippen LogP contribution in [-0.4, -0.2) is 34.1 Å². The van der Waals surface area contributed by atoms with Crippen LogP contribution in [-0.2, 0) is 0 Å². The fourth-order valence-electron chi connectivity index (χ4n) is 2.90. The Morgan fingerprint density at radius 1 is 0.833 bits per heavy atom. The first-order chi connectivity index (χ1) is 11.8. The highest BCUT2D eigenvalue weighted by Crippen LogP contribution is 2.24. The van der Waals surface area contributed by atoms with Gasteiger partial charge in [-0.15, -0.1) is 10.2 Å². The molecule has 4 rings (SSSR count). The van der Waals surface area contributed by atoms with E-state index in [1.54, 1.807) is 0 Å². The number of aromatic nitrogens is 2. The van der Waals surface area contributed by atoms with Gasteiger partial charge in [0.1, 0.15) is 0 Å². The predicted octanol–water partition coefficient (Wildman–Crippen LogP) is 3.64. The van der Waals surface area contributed by atoms with Crippen molar-refractivity contribution in [3.05, 3.63) is 60.2 Å². The minimum Gasteiger partial charge on any atom is -0.416 e. The van der Waals surface area contributed by atoms with Gasteiger partial charge in [-0.1, -0.05) is 18.2 Å². The summed E-state index contributed by atoms with van der Waals surface area (Å²) in [6.45, 7) is 1.70. The van der Waals surface area contributed by atoms with E-state index in [4.69, 9.17) is 4.42 Å². The molecule has 1 aliphatic heterocycles. The fourth-order valence-corrected chi connectivity index (χ4v) is 2.90. The molecule has 0 bridgehead atoms. The predicted molar refractivity (Wildman–Crippen MR) is 90.3 cm³/mol. The summed E-state index contributed by atoms with van der Waals surface area (Å²) >= 11 is 0. The molecule has 2 aromatic carbocycles. The molecule has 1 amide bonds. The summed E-state index contributed by atoms with van der Waals surface area (Å²) < 4.78 is 5.74. The summed E-state index contributed by atoms with van der Waals surface area (Å²) in [5.41, 5.74) is 2.39. The molecule has 0 spiro atoms. The number of carbonyl (C=O) groups excluding carboxylic acids is 1. The molecule has 24 heavy (non-hydrogen) atoms. The molecule has 2 heterocycles. The van der Waals surface area contributed by atoms with Crippen LogP contribution in [0.1, 0.15) is 23.2 Å². The van der Waals surface area contributed by atoms with E-state index < -0.39 is 0 Å². The molecule has 3 aromatic rings. The van der Waals surface area contributed by atoms with Gasteiger partial charge in [0.05, 0.1) is 0 Å². The lowest BCUT2D eigenvalue weighted by Crippen LogP contribution is -2.27. The minimum absolute atomic E-state index is 0.0922. The average Bonchev–Trinajstić information content (AvgIpc) is 3.34. The summed E-state index contributed by atoms with van der Waals surface area (Å²) in [5, 5.41) is 8.19. The van der Waals surface area contributed by atoms with Crippen molar-refractivity contribution >= 4 is 5.91 Å². The lowest BCUT2D eigenvalue weighted by Gasteiger charge is -2.15. The molecule has 1 saturated heterocycles. The van der Waals surface area contributed by atoms with E-state index in [-0.39, 0.29) is 5.91 Å². The molecule has 0 atom stereocenters. The highest BCUT2D eigenvalue weighted by atomic mass is 16.4. The van der Waals surface area contributed by atoms with Gasteiger partial charge < -0.3 is 9.32 Å². The lowest BCUT2D eigenvalue weighted by molar-refractivity contribution is 0.0793. The Hall–Kier alpha value is -2.95. The lowest BCUT2D eigenvalue weighted by atomic mass is 10.1. The Labute approximate surface area is 139 Å². The molecule has 1 aliphatic rings. The smallest absolute Gasteiger partial charge is 0.253 e. The first-order valence-corrected chi connectivity index (χ1v) is 8.10. The minimum atomic E-state index is 0.0922. The highest BCUT2D eigenvalue weighted by Gasteiger charge is 2.19. The van der Waals surface area contributed by atoms with Crippen LogP contribution in [0.2, 0.25) is 0 Å². The second-order valence-electron chi connectivity index (χ2n) is 5.86. The molecular weight excluding hydrogens is 302 g/mol. The van der Waals surface area contributed by atoms with Gasteiger partial charge in [-0.3, -0.25) is 4.79 Å². The molecule has 120 valence electrons. The molecule has 0 aliphatic carbocycles. The third-order valence-corrected chi connectivity index (χ3v) is 4.22. The maximum atomic E-state index is 12.4. The molecule has 5 nitrogen and oxygen atoms in total. The number of benzene rings is 2. The van der Waals surface area contributed by atoms with E-state index in [1.165, 1.54) is 0 Å². The number of likely N-dealkylation sites (tertiary alicyclic amines) is 1. The second kappa shape index (κ2) is 6.28. The van der Waals surface area contributed by atoms with Crippen LogP contribution in [0, 0.1) is 0 Å². The standard InChI is InChI=1S/C19H17N3O2/c23-19(22-12-4-5-13-22)16-10-8-15(9-11-16)18-21-20-17(24-18)14-6-2-1-3-7-14/h1-3,6-11H,4-5,12-13H2. The summed E-state index contributed by atoms with van der Waals surface area (Å²) in [4.78, 5) is 14.3. The van der Waals surface area contributed by atoms with Crippen molar-refractivity contribution in [3.8, 4) is 22.9 Å². The van der Waals surface area contributed by atoms with E-state index >= 15 is 0 Å². The first-order valence-electron chi connectivity index (χ1n) is 8.10. The van der Waals surface area contributed by atoms with Crippen LogP contribution in [0.15, 0.2) is 59.0 Å². The van der Waals surface area contributed by atoms with Crippen molar-refractivity contribution in [2.45, 2.75) is 12.8 Å². The van der Waals surface area contributed by atoms with Crippen LogP contribution < -0.4 is 0 Å². The highest BCUT2D eigenvalue weighted by molar-refractivity contribution is 5.94. The molecular formula is C19H17N3O2. The molecule has 0 unspecified atom stereocenters. The Balaban J connectivity index is 1.55. The quantitative estimate of drug-likeness (QED) is 0.739. The maximum absolute atomic E-state index is 12.4. The van der Waals surface area contributed by atoms with Crippen molar-refractivity contribution in [2.24, 2.45) is 0 Å². The van der Waals surface area contributed by atoms with Gasteiger partial charge in [0.25, 0.3) is 5.91 Å². The number of nitrogens with zero attached hydrogens (tertiary/aromatic N) is 3. The normalized spacial score (nSPS) is 14.1. The van der Waals surface area contributed by atoms with E-state index in [1.807, 2.05) is 59.5 Å². The van der Waals surface area contributed by atoms with Crippen molar-refractivity contribution in [1.29, 1.82) is 0 Å². The van der Waals surface area contributed by atoms with Gasteiger partial charge in [0, 0.05) is 29.8 Å². The third-order valence-electron chi connectivity index (χ3n) is 4.22. The first kappa shape index (κ1) is 14.6. The Bertz CT molecular complexity index is 835. The van der Waals surface area contributed by atoms with Crippen LogP contribution in [0.4, 0.5) is 0 Å². The number of hydrogen-bond donors (Lipinski definition) is 0. The fraction of sp³-hybridized carbons (Fsp3) is 0.211. The van der Waals surface area contributed by atoms with Crippen LogP contribution in [0.5, 0.6) is 0 Å². The van der Waals surface area contributed by atoms with Crippen LogP contribution >= 0.6 is 0 Å². The molecule has 5 heteroatoms. The van der Waals surface area contributed by atoms with Crippen molar-refractivity contribution < 1.29 is 9.21 Å². The van der Waals surface area contributed by atoms with E-state index in [2.05, 4.69) is 10.2 Å². The molecule has 1 fully saturated rings. The van der Waals surface area contributed by atoms with Crippen LogP contribution in [0.3, 0.4) is 0 Å². The van der Waals surface area contributed by atoms with Gasteiger partial charge in [0.15, 0.2) is 0 Å². The van der Waals surface area contributed by atoms with Gasteiger partial charge in [0.2, 0.25) is 11.8 Å². The SMILES string of the molecule is O=C(c1ccc(-c2nnc(-c3ccccc3)o2)cc1)N1CCCC1. The van der Waals surface area contributed by atoms with Gasteiger partial charge in [-0.05, 0) is 49.2 Å². The van der Waals surface area contributed by atoms with E-state index in [0.29, 0.717) is 17.3 Å². The second-order valence-corrected chi connectivity index (χ2v) is 5.86. The number of rotatable bonds is 3. The molecule has 0 radical (unpaired) electrons. The maximum Gasteiger partial charge on any atom is 0.253 e. The Morgan fingerprint density at radius 3 is 2.04 bits per heavy atom. The zero-order valence-electron chi connectivity index (χ0n) is 13.2. The topological polar surface area (TPSA) is 59.2 Å². The zero-order chi connectivity index (χ0) is 16.4. The Kier molecular flexibility index (Phi) is 3.83. The van der Waals surface area contributed by atoms with Crippen molar-refractivity contribution in [1.82, 2.24) is 15.1 Å². The van der Waals surface area contributed by atoms with Gasteiger partial charge >= 0.3 is 0 Å². The number of hydrogen-bond acceptors (Lipinski definition) is 4. The molecule has 0 N–H and O–H groups in total. The zero-order valence-corrected chi connectivity index (χ0v) is 13.2. The van der Waals surface area contributed by atoms with Gasteiger partial charge in [-0.25, -0.2) is 0 Å².